The summed E-state index contributed by atoms with van der Waals surface area (Å²) in [5.74, 6) is 0.577. The fourth-order valence-electron chi connectivity index (χ4n) is 1.10. The molecular formula is C11H13Br2OP. The third kappa shape index (κ3) is 3.97. The van der Waals surface area contributed by atoms with E-state index in [1.807, 2.05) is 18.2 Å². The third-order valence-electron chi connectivity index (χ3n) is 1.86. The highest BCUT2D eigenvalue weighted by Gasteiger charge is 2.13. The van der Waals surface area contributed by atoms with Crippen molar-refractivity contribution in [1.29, 1.82) is 0 Å². The zero-order valence-electron chi connectivity index (χ0n) is 8.68. The van der Waals surface area contributed by atoms with Gasteiger partial charge in [-0.3, -0.25) is 4.79 Å². The fraction of sp³-hybridized carbons (Fsp3) is 0.364. The molecule has 0 heterocycles. The van der Waals surface area contributed by atoms with Crippen LogP contribution in [0.2, 0.25) is 0 Å². The summed E-state index contributed by atoms with van der Waals surface area (Å²) in [5, 5.41) is 0. The van der Waals surface area contributed by atoms with Crippen LogP contribution in [0, 0.1) is 5.92 Å². The molecule has 0 bridgehead atoms. The summed E-state index contributed by atoms with van der Waals surface area (Å²) in [6, 6.07) is 5.71. The zero-order chi connectivity index (χ0) is 11.4. The minimum absolute atomic E-state index is 0.225. The van der Waals surface area contributed by atoms with Crippen molar-refractivity contribution in [2.24, 2.45) is 5.92 Å². The second-order valence-corrected chi connectivity index (χ2v) is 6.63. The largest absolute Gasteiger partial charge is 0.289 e. The predicted octanol–water partition coefficient (Wildman–Crippen LogP) is 4.69. The van der Waals surface area contributed by atoms with Gasteiger partial charge in [0.15, 0.2) is 5.52 Å². The van der Waals surface area contributed by atoms with Crippen molar-refractivity contribution in [3.8, 4) is 0 Å². The molecule has 0 saturated carbocycles. The number of hydrogen-bond acceptors (Lipinski definition) is 1. The van der Waals surface area contributed by atoms with Gasteiger partial charge in [-0.15, -0.1) is 0 Å². The maximum Gasteiger partial charge on any atom is 0.183 e. The van der Waals surface area contributed by atoms with E-state index in [-0.39, 0.29) is 5.52 Å². The van der Waals surface area contributed by atoms with Crippen LogP contribution in [0.3, 0.4) is 0 Å². The number of benzene rings is 1. The number of carbonyl (C=O) groups is 1. The molecule has 15 heavy (non-hydrogen) atoms. The van der Waals surface area contributed by atoms with Crippen LogP contribution in [0.4, 0.5) is 0 Å². The molecule has 0 amide bonds. The SMILES string of the molecule is CC(C)CPC(=O)c1c(Br)cccc1Br. The number of hydrogen-bond donors (Lipinski definition) is 0. The van der Waals surface area contributed by atoms with Crippen molar-refractivity contribution in [3.63, 3.8) is 0 Å². The van der Waals surface area contributed by atoms with E-state index in [0.29, 0.717) is 14.5 Å². The Hall–Kier alpha value is 0.280. The van der Waals surface area contributed by atoms with E-state index in [1.165, 1.54) is 0 Å². The molecule has 1 atom stereocenters. The highest BCUT2D eigenvalue weighted by atomic mass is 79.9. The lowest BCUT2D eigenvalue weighted by atomic mass is 10.2. The molecule has 4 heteroatoms. The third-order valence-corrected chi connectivity index (χ3v) is 4.77. The van der Waals surface area contributed by atoms with Gasteiger partial charge in [0.05, 0.1) is 5.56 Å². The molecule has 1 rings (SSSR count). The van der Waals surface area contributed by atoms with E-state index in [4.69, 9.17) is 0 Å². The molecule has 0 aliphatic heterocycles. The Morgan fingerprint density at radius 3 is 2.33 bits per heavy atom. The van der Waals surface area contributed by atoms with Crippen molar-refractivity contribution in [2.75, 3.05) is 6.16 Å². The number of halogens is 2. The lowest BCUT2D eigenvalue weighted by molar-refractivity contribution is 0.108. The van der Waals surface area contributed by atoms with E-state index in [2.05, 4.69) is 45.7 Å². The van der Waals surface area contributed by atoms with Crippen LogP contribution >= 0.6 is 40.4 Å². The number of carbonyl (C=O) groups excluding carboxylic acids is 1. The molecule has 1 nitrogen and oxygen atoms in total. The molecule has 0 fully saturated rings. The Morgan fingerprint density at radius 2 is 1.87 bits per heavy atom. The molecule has 0 N–H and O–H groups in total. The van der Waals surface area contributed by atoms with Crippen molar-refractivity contribution in [3.05, 3.63) is 32.7 Å². The quantitative estimate of drug-likeness (QED) is 0.719. The zero-order valence-corrected chi connectivity index (χ0v) is 12.9. The molecule has 0 radical (unpaired) electrons. The van der Waals surface area contributed by atoms with Crippen LogP contribution in [-0.4, -0.2) is 11.7 Å². The van der Waals surface area contributed by atoms with Gasteiger partial charge in [-0.05, 0) is 64.7 Å². The second-order valence-electron chi connectivity index (χ2n) is 3.70. The van der Waals surface area contributed by atoms with E-state index < -0.39 is 0 Å². The van der Waals surface area contributed by atoms with E-state index in [0.717, 1.165) is 20.7 Å². The molecule has 0 aliphatic rings. The Morgan fingerprint density at radius 1 is 1.33 bits per heavy atom. The average Bonchev–Trinajstić information content (AvgIpc) is 2.14. The molecule has 0 aliphatic carbocycles. The molecule has 0 saturated heterocycles. The highest BCUT2D eigenvalue weighted by molar-refractivity contribution is 9.11. The standard InChI is InChI=1S/C11H13Br2OP/c1-7(2)6-15-11(14)10-8(12)4-3-5-9(10)13/h3-5,7,15H,6H2,1-2H3. The van der Waals surface area contributed by atoms with Gasteiger partial charge < -0.3 is 0 Å². The first-order chi connectivity index (χ1) is 7.02. The first-order valence-corrected chi connectivity index (χ1v) is 7.54. The van der Waals surface area contributed by atoms with Crippen molar-refractivity contribution in [2.45, 2.75) is 13.8 Å². The van der Waals surface area contributed by atoms with E-state index in [9.17, 15) is 4.79 Å². The Labute approximate surface area is 109 Å². The maximum absolute atomic E-state index is 11.9. The Balaban J connectivity index is 2.82. The van der Waals surface area contributed by atoms with Crippen molar-refractivity contribution < 1.29 is 4.79 Å². The minimum atomic E-state index is 0.225. The molecule has 82 valence electrons. The van der Waals surface area contributed by atoms with Gasteiger partial charge in [0.25, 0.3) is 0 Å². The highest BCUT2D eigenvalue weighted by Crippen LogP contribution is 2.31. The lowest BCUT2D eigenvalue weighted by Crippen LogP contribution is -1.98. The van der Waals surface area contributed by atoms with Gasteiger partial charge in [0.2, 0.25) is 0 Å². The summed E-state index contributed by atoms with van der Waals surface area (Å²) in [4.78, 5) is 11.9. The molecule has 1 aromatic carbocycles. The van der Waals surface area contributed by atoms with Gasteiger partial charge in [0, 0.05) is 8.95 Å². The van der Waals surface area contributed by atoms with Crippen LogP contribution in [0.5, 0.6) is 0 Å². The topological polar surface area (TPSA) is 17.1 Å². The summed E-state index contributed by atoms with van der Waals surface area (Å²) in [7, 11) is 0.358. The smallest absolute Gasteiger partial charge is 0.183 e. The van der Waals surface area contributed by atoms with Crippen LogP contribution in [0.1, 0.15) is 24.2 Å². The van der Waals surface area contributed by atoms with Gasteiger partial charge in [0.1, 0.15) is 0 Å². The minimum Gasteiger partial charge on any atom is -0.289 e. The molecular weight excluding hydrogens is 339 g/mol. The second kappa shape index (κ2) is 6.12. The van der Waals surface area contributed by atoms with Gasteiger partial charge in [-0.1, -0.05) is 19.9 Å². The van der Waals surface area contributed by atoms with Crippen LogP contribution in [0.25, 0.3) is 0 Å². The Bertz CT molecular complexity index is 343. The van der Waals surface area contributed by atoms with Crippen LogP contribution in [-0.2, 0) is 0 Å². The van der Waals surface area contributed by atoms with Crippen molar-refractivity contribution in [1.82, 2.24) is 0 Å². The summed E-state index contributed by atoms with van der Waals surface area (Å²) < 4.78 is 1.75. The van der Waals surface area contributed by atoms with E-state index >= 15 is 0 Å². The van der Waals surface area contributed by atoms with Gasteiger partial charge in [-0.25, -0.2) is 0 Å². The summed E-state index contributed by atoms with van der Waals surface area (Å²) in [6.07, 6.45) is 0.965. The van der Waals surface area contributed by atoms with Crippen LogP contribution in [0.15, 0.2) is 27.1 Å². The Kier molecular flexibility index (Phi) is 5.45. The van der Waals surface area contributed by atoms with Crippen molar-refractivity contribution >= 4 is 46.0 Å². The monoisotopic (exact) mass is 350 g/mol. The summed E-state index contributed by atoms with van der Waals surface area (Å²) in [5.41, 5.74) is 1.000. The average molecular weight is 352 g/mol. The van der Waals surface area contributed by atoms with Gasteiger partial charge in [-0.2, -0.15) is 0 Å². The molecule has 1 aromatic rings. The number of rotatable bonds is 4. The summed E-state index contributed by atoms with van der Waals surface area (Å²) in [6.45, 7) is 4.27. The normalized spacial score (nSPS) is 11.5. The van der Waals surface area contributed by atoms with Gasteiger partial charge >= 0.3 is 0 Å². The van der Waals surface area contributed by atoms with Crippen LogP contribution < -0.4 is 0 Å². The molecule has 1 unspecified atom stereocenters. The fourth-order valence-corrected chi connectivity index (χ4v) is 3.86. The summed E-state index contributed by atoms with van der Waals surface area (Å²) >= 11 is 6.82. The predicted molar refractivity (Wildman–Crippen MR) is 74.2 cm³/mol. The van der Waals surface area contributed by atoms with E-state index in [1.54, 1.807) is 0 Å². The maximum atomic E-state index is 11.9. The molecule has 0 spiro atoms. The first kappa shape index (κ1) is 13.3. The lowest BCUT2D eigenvalue weighted by Gasteiger charge is -2.07. The molecule has 0 aromatic heterocycles. The first-order valence-electron chi connectivity index (χ1n) is 4.74.